The largest absolute Gasteiger partial charge is 0.480 e. The molecule has 0 radical (unpaired) electrons. The minimum atomic E-state index is -1.06. The van der Waals surface area contributed by atoms with Crippen LogP contribution in [0.15, 0.2) is 6.20 Å². The summed E-state index contributed by atoms with van der Waals surface area (Å²) in [6.45, 7) is 5.24. The van der Waals surface area contributed by atoms with E-state index in [2.05, 4.69) is 14.9 Å². The molecule has 16 heavy (non-hydrogen) atoms. The fourth-order valence-electron chi connectivity index (χ4n) is 1.12. The van der Waals surface area contributed by atoms with Gasteiger partial charge in [0.15, 0.2) is 0 Å². The van der Waals surface area contributed by atoms with Gasteiger partial charge in [0, 0.05) is 0 Å². The lowest BCUT2D eigenvalue weighted by atomic mass is 9.87. The molecule has 2 N–H and O–H groups in total. The highest BCUT2D eigenvalue weighted by molar-refractivity contribution is 7.07. The number of carbonyl (C=O) groups excluding carboxylic acids is 1. The first-order chi connectivity index (χ1) is 7.32. The van der Waals surface area contributed by atoms with Gasteiger partial charge in [-0.25, -0.2) is 4.79 Å². The topological polar surface area (TPSA) is 92.2 Å². The van der Waals surface area contributed by atoms with Gasteiger partial charge in [-0.1, -0.05) is 25.3 Å². The third-order valence-electron chi connectivity index (χ3n) is 1.97. The zero-order valence-electron chi connectivity index (χ0n) is 9.22. The van der Waals surface area contributed by atoms with Gasteiger partial charge in [0.1, 0.15) is 10.9 Å². The number of hydrogen-bond acceptors (Lipinski definition) is 5. The zero-order chi connectivity index (χ0) is 12.3. The maximum Gasteiger partial charge on any atom is 0.326 e. The first kappa shape index (κ1) is 12.6. The number of aliphatic carboxylic acids is 1. The third kappa shape index (κ3) is 2.99. The van der Waals surface area contributed by atoms with Gasteiger partial charge in [0.25, 0.3) is 5.91 Å². The van der Waals surface area contributed by atoms with Crippen LogP contribution >= 0.6 is 11.5 Å². The Bertz CT molecular complexity index is 383. The van der Waals surface area contributed by atoms with Crippen LogP contribution in [0.1, 0.15) is 30.4 Å². The Hall–Kier alpha value is -1.50. The molecule has 0 saturated carbocycles. The van der Waals surface area contributed by atoms with E-state index < -0.39 is 23.3 Å². The molecule has 0 saturated heterocycles. The Labute approximate surface area is 96.8 Å². The van der Waals surface area contributed by atoms with E-state index >= 15 is 0 Å². The van der Waals surface area contributed by atoms with Crippen molar-refractivity contribution in [3.8, 4) is 0 Å². The first-order valence-corrected chi connectivity index (χ1v) is 5.40. The highest BCUT2D eigenvalue weighted by atomic mass is 32.1. The van der Waals surface area contributed by atoms with E-state index in [-0.39, 0.29) is 0 Å². The van der Waals surface area contributed by atoms with Gasteiger partial charge in [-0.05, 0) is 16.9 Å². The summed E-state index contributed by atoms with van der Waals surface area (Å²) >= 11 is 0.929. The van der Waals surface area contributed by atoms with Crippen LogP contribution in [-0.2, 0) is 4.79 Å². The van der Waals surface area contributed by atoms with Gasteiger partial charge in [0.05, 0.1) is 6.20 Å². The molecule has 1 amide bonds. The van der Waals surface area contributed by atoms with Gasteiger partial charge < -0.3 is 10.4 Å². The standard InChI is InChI=1S/C9H13N3O3S/c1-9(2,3)6(8(14)15)11-7(13)5-4-10-12-16-5/h4,6H,1-3H3,(H,11,13)(H,14,15)/t6-/m0/s1. The molecule has 88 valence electrons. The first-order valence-electron chi connectivity index (χ1n) is 4.63. The lowest BCUT2D eigenvalue weighted by Crippen LogP contribution is -2.48. The molecule has 0 aliphatic heterocycles. The molecule has 0 unspecified atom stereocenters. The van der Waals surface area contributed by atoms with Crippen LogP contribution < -0.4 is 5.32 Å². The summed E-state index contributed by atoms with van der Waals surface area (Å²) in [5.41, 5.74) is -0.556. The molecule has 0 aliphatic rings. The predicted molar refractivity (Wildman–Crippen MR) is 58.3 cm³/mol. The van der Waals surface area contributed by atoms with Crippen LogP contribution in [0, 0.1) is 5.41 Å². The van der Waals surface area contributed by atoms with Crippen LogP contribution in [0.4, 0.5) is 0 Å². The number of nitrogens with one attached hydrogen (secondary N) is 1. The molecular formula is C9H13N3O3S. The molecule has 0 bridgehead atoms. The second-order valence-electron chi connectivity index (χ2n) is 4.39. The lowest BCUT2D eigenvalue weighted by molar-refractivity contribution is -0.142. The van der Waals surface area contributed by atoms with Gasteiger partial charge in [-0.3, -0.25) is 4.79 Å². The van der Waals surface area contributed by atoms with Crippen molar-refractivity contribution in [1.29, 1.82) is 0 Å². The summed E-state index contributed by atoms with van der Waals surface area (Å²) in [6.07, 6.45) is 1.31. The number of carboxylic acid groups (broad SMARTS) is 1. The molecular weight excluding hydrogens is 230 g/mol. The maximum atomic E-state index is 11.6. The predicted octanol–water partition coefficient (Wildman–Crippen LogP) is 0.767. The number of rotatable bonds is 3. The minimum Gasteiger partial charge on any atom is -0.480 e. The molecule has 1 heterocycles. The van der Waals surface area contributed by atoms with Crippen molar-refractivity contribution in [1.82, 2.24) is 14.9 Å². The van der Waals surface area contributed by atoms with Crippen molar-refractivity contribution in [2.75, 3.05) is 0 Å². The molecule has 7 heteroatoms. The highest BCUT2D eigenvalue weighted by Crippen LogP contribution is 2.20. The average Bonchev–Trinajstić information content (AvgIpc) is 2.63. The van der Waals surface area contributed by atoms with Crippen molar-refractivity contribution >= 4 is 23.4 Å². The second kappa shape index (κ2) is 4.56. The molecule has 1 aromatic rings. The van der Waals surface area contributed by atoms with Crippen molar-refractivity contribution in [2.45, 2.75) is 26.8 Å². The summed E-state index contributed by atoms with van der Waals surface area (Å²) in [6, 6.07) is -0.943. The summed E-state index contributed by atoms with van der Waals surface area (Å²) in [4.78, 5) is 22.9. The Kier molecular flexibility index (Phi) is 3.58. The van der Waals surface area contributed by atoms with Gasteiger partial charge >= 0.3 is 5.97 Å². The van der Waals surface area contributed by atoms with E-state index in [1.165, 1.54) is 6.20 Å². The number of hydrogen-bond donors (Lipinski definition) is 2. The maximum absolute atomic E-state index is 11.6. The molecule has 1 rings (SSSR count). The van der Waals surface area contributed by atoms with E-state index in [0.717, 1.165) is 11.5 Å². The number of amides is 1. The Morgan fingerprint density at radius 1 is 1.50 bits per heavy atom. The fraction of sp³-hybridized carbons (Fsp3) is 0.556. The summed E-state index contributed by atoms with van der Waals surface area (Å²) in [7, 11) is 0. The Morgan fingerprint density at radius 2 is 2.12 bits per heavy atom. The SMILES string of the molecule is CC(C)(C)[C@@H](NC(=O)c1cnns1)C(=O)O. The Balaban J connectivity index is 2.78. The van der Waals surface area contributed by atoms with E-state index in [9.17, 15) is 9.59 Å². The normalized spacial score (nSPS) is 13.2. The van der Waals surface area contributed by atoms with E-state index in [1.54, 1.807) is 20.8 Å². The van der Waals surface area contributed by atoms with Gasteiger partial charge in [0.2, 0.25) is 0 Å². The highest BCUT2D eigenvalue weighted by Gasteiger charge is 2.33. The lowest BCUT2D eigenvalue weighted by Gasteiger charge is -2.27. The molecule has 0 fully saturated rings. The molecule has 0 spiro atoms. The quantitative estimate of drug-likeness (QED) is 0.818. The third-order valence-corrected chi connectivity index (χ3v) is 2.64. The summed E-state index contributed by atoms with van der Waals surface area (Å²) < 4.78 is 3.54. The fourth-order valence-corrected chi connectivity index (χ4v) is 1.54. The molecule has 0 aromatic carbocycles. The molecule has 0 aliphatic carbocycles. The van der Waals surface area contributed by atoms with Gasteiger partial charge in [-0.15, -0.1) is 5.10 Å². The van der Waals surface area contributed by atoms with Crippen LogP contribution in [0.5, 0.6) is 0 Å². The minimum absolute atomic E-state index is 0.301. The number of aromatic nitrogens is 2. The van der Waals surface area contributed by atoms with Crippen LogP contribution in [0.3, 0.4) is 0 Å². The average molecular weight is 243 g/mol. The summed E-state index contributed by atoms with van der Waals surface area (Å²) in [5.74, 6) is -1.52. The van der Waals surface area contributed by atoms with Crippen molar-refractivity contribution < 1.29 is 14.7 Å². The number of nitrogens with zero attached hydrogens (tertiary/aromatic N) is 2. The molecule has 1 aromatic heterocycles. The summed E-state index contributed by atoms with van der Waals surface area (Å²) in [5, 5.41) is 15.0. The Morgan fingerprint density at radius 3 is 2.50 bits per heavy atom. The zero-order valence-corrected chi connectivity index (χ0v) is 10.0. The number of carboxylic acids is 1. The van der Waals surface area contributed by atoms with Crippen LogP contribution in [0.25, 0.3) is 0 Å². The molecule has 6 nitrogen and oxygen atoms in total. The van der Waals surface area contributed by atoms with E-state index in [0.29, 0.717) is 4.88 Å². The van der Waals surface area contributed by atoms with Crippen LogP contribution in [0.2, 0.25) is 0 Å². The van der Waals surface area contributed by atoms with E-state index in [4.69, 9.17) is 5.11 Å². The monoisotopic (exact) mass is 243 g/mol. The van der Waals surface area contributed by atoms with Crippen molar-refractivity contribution in [2.24, 2.45) is 5.41 Å². The molecule has 1 atom stereocenters. The number of carbonyl (C=O) groups is 2. The van der Waals surface area contributed by atoms with Crippen LogP contribution in [-0.4, -0.2) is 32.6 Å². The second-order valence-corrected chi connectivity index (χ2v) is 5.18. The van der Waals surface area contributed by atoms with E-state index in [1.807, 2.05) is 0 Å². The van der Waals surface area contributed by atoms with Crippen molar-refractivity contribution in [3.05, 3.63) is 11.1 Å². The van der Waals surface area contributed by atoms with Gasteiger partial charge in [-0.2, -0.15) is 0 Å². The smallest absolute Gasteiger partial charge is 0.326 e. The van der Waals surface area contributed by atoms with Crippen molar-refractivity contribution in [3.63, 3.8) is 0 Å².